The molecular weight excluding hydrogens is 394 g/mol. The fraction of sp³-hybridized carbons (Fsp3) is 0.680. The molecule has 0 radical (unpaired) electrons. The van der Waals surface area contributed by atoms with Gasteiger partial charge in [0.25, 0.3) is 0 Å². The number of ether oxygens (including phenoxy) is 1. The number of thiophene rings is 2. The molecule has 0 aliphatic heterocycles. The molecule has 0 aliphatic carbocycles. The number of hydrogen-bond donors (Lipinski definition) is 0. The van der Waals surface area contributed by atoms with Crippen LogP contribution in [-0.4, -0.2) is 20.2 Å². The second-order valence-corrected chi connectivity index (χ2v) is 10.2. The standard InChI is InChI=1S/C25H41NOS2/c1-6-10-12-20(8-3)18-26(19-21(9-4)13-11-7-2)24-15-14-23(29-24)25-22(27-5)16-17-28-25/h14-17,20-21H,6-13,18-19H2,1-5H3. The van der Waals surface area contributed by atoms with E-state index >= 15 is 0 Å². The topological polar surface area (TPSA) is 12.5 Å². The summed E-state index contributed by atoms with van der Waals surface area (Å²) in [5.41, 5.74) is 0. The molecule has 2 nitrogen and oxygen atoms in total. The maximum Gasteiger partial charge on any atom is 0.138 e. The largest absolute Gasteiger partial charge is 0.495 e. The van der Waals surface area contributed by atoms with Crippen molar-refractivity contribution in [1.29, 1.82) is 0 Å². The normalized spacial score (nSPS) is 13.4. The molecule has 29 heavy (non-hydrogen) atoms. The first kappa shape index (κ1) is 24.3. The van der Waals surface area contributed by atoms with E-state index in [1.165, 1.54) is 79.2 Å². The van der Waals surface area contributed by atoms with Gasteiger partial charge in [-0.2, -0.15) is 0 Å². The Kier molecular flexibility index (Phi) is 11.2. The minimum atomic E-state index is 0.792. The van der Waals surface area contributed by atoms with Gasteiger partial charge in [-0.05, 0) is 48.3 Å². The van der Waals surface area contributed by atoms with Crippen LogP contribution in [0.5, 0.6) is 5.75 Å². The van der Waals surface area contributed by atoms with Crippen molar-refractivity contribution in [2.45, 2.75) is 79.1 Å². The van der Waals surface area contributed by atoms with Crippen LogP contribution in [0.3, 0.4) is 0 Å². The zero-order chi connectivity index (χ0) is 21.1. The van der Waals surface area contributed by atoms with Gasteiger partial charge in [-0.1, -0.05) is 66.2 Å². The summed E-state index contributed by atoms with van der Waals surface area (Å²) in [4.78, 5) is 5.31. The summed E-state index contributed by atoms with van der Waals surface area (Å²) in [6, 6.07) is 6.71. The zero-order valence-corrected chi connectivity index (χ0v) is 20.8. The number of methoxy groups -OCH3 is 1. The third-order valence-electron chi connectivity index (χ3n) is 6.02. The Bertz CT molecular complexity index is 660. The molecule has 2 atom stereocenters. The van der Waals surface area contributed by atoms with Gasteiger partial charge >= 0.3 is 0 Å². The van der Waals surface area contributed by atoms with E-state index < -0.39 is 0 Å². The summed E-state index contributed by atoms with van der Waals surface area (Å²) in [6.45, 7) is 11.7. The molecule has 164 valence electrons. The zero-order valence-electron chi connectivity index (χ0n) is 19.2. The van der Waals surface area contributed by atoms with Crippen molar-refractivity contribution >= 4 is 27.7 Å². The van der Waals surface area contributed by atoms with E-state index in [-0.39, 0.29) is 0 Å². The lowest BCUT2D eigenvalue weighted by Crippen LogP contribution is -2.33. The number of anilines is 1. The van der Waals surface area contributed by atoms with Gasteiger partial charge in [0.2, 0.25) is 0 Å². The first-order valence-electron chi connectivity index (χ1n) is 11.6. The van der Waals surface area contributed by atoms with Crippen LogP contribution in [-0.2, 0) is 0 Å². The van der Waals surface area contributed by atoms with Crippen molar-refractivity contribution in [2.75, 3.05) is 25.1 Å². The highest BCUT2D eigenvalue weighted by atomic mass is 32.1. The van der Waals surface area contributed by atoms with Crippen LogP contribution in [0.4, 0.5) is 5.00 Å². The number of hydrogen-bond acceptors (Lipinski definition) is 4. The van der Waals surface area contributed by atoms with E-state index in [9.17, 15) is 0 Å². The van der Waals surface area contributed by atoms with Gasteiger partial charge in [-0.25, -0.2) is 0 Å². The molecule has 2 rings (SSSR count). The second kappa shape index (κ2) is 13.3. The van der Waals surface area contributed by atoms with E-state index in [4.69, 9.17) is 4.74 Å². The van der Waals surface area contributed by atoms with Crippen LogP contribution in [0.2, 0.25) is 0 Å². The Hall–Kier alpha value is -1.00. The highest BCUT2D eigenvalue weighted by molar-refractivity contribution is 7.23. The monoisotopic (exact) mass is 435 g/mol. The molecule has 2 aromatic heterocycles. The molecule has 4 heteroatoms. The Morgan fingerprint density at radius 1 is 0.897 bits per heavy atom. The Balaban J connectivity index is 2.21. The van der Waals surface area contributed by atoms with Crippen LogP contribution in [0.25, 0.3) is 9.75 Å². The fourth-order valence-electron chi connectivity index (χ4n) is 3.97. The Morgan fingerprint density at radius 3 is 2.03 bits per heavy atom. The van der Waals surface area contributed by atoms with Crippen LogP contribution in [0.15, 0.2) is 23.6 Å². The van der Waals surface area contributed by atoms with Crippen molar-refractivity contribution in [1.82, 2.24) is 0 Å². The third-order valence-corrected chi connectivity index (χ3v) is 8.24. The Labute approximate surface area is 187 Å². The molecule has 0 spiro atoms. The maximum atomic E-state index is 5.57. The lowest BCUT2D eigenvalue weighted by atomic mass is 9.96. The van der Waals surface area contributed by atoms with Gasteiger partial charge < -0.3 is 9.64 Å². The fourth-order valence-corrected chi connectivity index (χ4v) is 5.99. The molecular formula is C25H41NOS2. The lowest BCUT2D eigenvalue weighted by Gasteiger charge is -2.31. The van der Waals surface area contributed by atoms with Gasteiger partial charge in [0.15, 0.2) is 0 Å². The predicted molar refractivity (Wildman–Crippen MR) is 133 cm³/mol. The predicted octanol–water partition coefficient (Wildman–Crippen LogP) is 8.72. The molecule has 2 unspecified atom stereocenters. The minimum absolute atomic E-state index is 0.792. The minimum Gasteiger partial charge on any atom is -0.495 e. The summed E-state index contributed by atoms with van der Waals surface area (Å²) in [5.74, 6) is 2.58. The van der Waals surface area contributed by atoms with E-state index in [0.29, 0.717) is 0 Å². The smallest absolute Gasteiger partial charge is 0.138 e. The van der Waals surface area contributed by atoms with Crippen molar-refractivity contribution in [2.24, 2.45) is 11.8 Å². The first-order chi connectivity index (χ1) is 14.2. The highest BCUT2D eigenvalue weighted by Crippen LogP contribution is 2.42. The quantitative estimate of drug-likeness (QED) is 0.277. The SMILES string of the molecule is CCCCC(CC)CN(CC(CC)CCCC)c1ccc(-c2sccc2OC)s1. The van der Waals surface area contributed by atoms with E-state index in [2.05, 4.69) is 56.2 Å². The summed E-state index contributed by atoms with van der Waals surface area (Å²) in [7, 11) is 1.77. The highest BCUT2D eigenvalue weighted by Gasteiger charge is 2.20. The van der Waals surface area contributed by atoms with Crippen LogP contribution in [0, 0.1) is 11.8 Å². The van der Waals surface area contributed by atoms with Gasteiger partial charge in [-0.3, -0.25) is 0 Å². The average Bonchev–Trinajstić information content (AvgIpc) is 3.41. The number of unbranched alkanes of at least 4 members (excludes halogenated alkanes) is 2. The second-order valence-electron chi connectivity index (χ2n) is 8.19. The molecule has 0 amide bonds. The van der Waals surface area contributed by atoms with Gasteiger partial charge in [0.1, 0.15) is 5.75 Å². The first-order valence-corrected chi connectivity index (χ1v) is 13.3. The van der Waals surface area contributed by atoms with Crippen LogP contribution >= 0.6 is 22.7 Å². The van der Waals surface area contributed by atoms with Gasteiger partial charge in [-0.15, -0.1) is 22.7 Å². The molecule has 0 saturated heterocycles. The summed E-state index contributed by atoms with van der Waals surface area (Å²) in [5, 5.41) is 3.56. The van der Waals surface area contributed by atoms with Crippen molar-refractivity contribution in [3.05, 3.63) is 23.6 Å². The molecule has 0 aromatic carbocycles. The van der Waals surface area contributed by atoms with E-state index in [0.717, 1.165) is 17.6 Å². The molecule has 0 fully saturated rings. The number of nitrogens with zero attached hydrogens (tertiary/aromatic N) is 1. The van der Waals surface area contributed by atoms with E-state index in [1.807, 2.05) is 11.3 Å². The molecule has 0 saturated carbocycles. The van der Waals surface area contributed by atoms with Crippen molar-refractivity contribution in [3.8, 4) is 15.5 Å². The molecule has 0 bridgehead atoms. The van der Waals surface area contributed by atoms with Crippen molar-refractivity contribution < 1.29 is 4.74 Å². The average molecular weight is 436 g/mol. The van der Waals surface area contributed by atoms with Gasteiger partial charge in [0, 0.05) is 13.1 Å². The van der Waals surface area contributed by atoms with Crippen LogP contribution in [0.1, 0.15) is 79.1 Å². The molecule has 0 aliphatic rings. The van der Waals surface area contributed by atoms with Gasteiger partial charge in [0.05, 0.1) is 21.9 Å². The lowest BCUT2D eigenvalue weighted by molar-refractivity contribution is 0.404. The third kappa shape index (κ3) is 7.32. The number of rotatable bonds is 15. The van der Waals surface area contributed by atoms with Crippen LogP contribution < -0.4 is 9.64 Å². The molecule has 0 N–H and O–H groups in total. The summed E-state index contributed by atoms with van der Waals surface area (Å²) >= 11 is 3.72. The summed E-state index contributed by atoms with van der Waals surface area (Å²) in [6.07, 6.45) is 10.6. The molecule has 2 heterocycles. The summed E-state index contributed by atoms with van der Waals surface area (Å²) < 4.78 is 5.57. The molecule has 2 aromatic rings. The maximum absolute atomic E-state index is 5.57. The van der Waals surface area contributed by atoms with E-state index in [1.54, 1.807) is 18.4 Å². The Morgan fingerprint density at radius 2 is 1.52 bits per heavy atom. The van der Waals surface area contributed by atoms with Crippen molar-refractivity contribution in [3.63, 3.8) is 0 Å².